The summed E-state index contributed by atoms with van der Waals surface area (Å²) in [5.74, 6) is 0.793. The third-order valence-corrected chi connectivity index (χ3v) is 4.41. The van der Waals surface area contributed by atoms with Crippen molar-refractivity contribution in [1.29, 1.82) is 0 Å². The highest BCUT2D eigenvalue weighted by Gasteiger charge is 2.23. The van der Waals surface area contributed by atoms with Gasteiger partial charge in [0.15, 0.2) is 9.84 Å². The number of nitrogens with zero attached hydrogens (tertiary/aromatic N) is 4. The predicted octanol–water partition coefficient (Wildman–Crippen LogP) is 1.37. The number of sulfone groups is 1. The van der Waals surface area contributed by atoms with Gasteiger partial charge in [-0.2, -0.15) is 0 Å². The number of aromatic nitrogens is 2. The number of aryl methyl sites for hydroxylation is 1. The van der Waals surface area contributed by atoms with Gasteiger partial charge in [-0.15, -0.1) is 0 Å². The average molecular weight is 324 g/mol. The zero-order valence-electron chi connectivity index (χ0n) is 12.4. The third kappa shape index (κ3) is 3.25. The summed E-state index contributed by atoms with van der Waals surface area (Å²) in [4.78, 5) is 16.0. The van der Waals surface area contributed by atoms with Crippen molar-refractivity contribution < 1.29 is 13.3 Å². The number of hydrogen-bond acceptors (Lipinski definition) is 6. The van der Waals surface area contributed by atoms with Gasteiger partial charge in [-0.05, 0) is 12.1 Å². The summed E-state index contributed by atoms with van der Waals surface area (Å²) < 4.78 is 25.4. The first-order valence-electron chi connectivity index (χ1n) is 6.36. The first kappa shape index (κ1) is 16.0. The maximum atomic E-state index is 11.8. The summed E-state index contributed by atoms with van der Waals surface area (Å²) in [6, 6.07) is 4.05. The molecule has 1 aromatic carbocycles. The fourth-order valence-electron chi connectivity index (χ4n) is 2.04. The van der Waals surface area contributed by atoms with Gasteiger partial charge in [0.25, 0.3) is 5.69 Å². The number of rotatable bonds is 5. The molecule has 0 saturated heterocycles. The molecule has 0 radical (unpaired) electrons. The lowest BCUT2D eigenvalue weighted by molar-refractivity contribution is -0.387. The van der Waals surface area contributed by atoms with Gasteiger partial charge >= 0.3 is 0 Å². The molecule has 0 aliphatic rings. The van der Waals surface area contributed by atoms with Gasteiger partial charge in [-0.3, -0.25) is 10.1 Å². The molecular formula is C13H16N4O4S. The maximum absolute atomic E-state index is 11.8. The van der Waals surface area contributed by atoms with Gasteiger partial charge < -0.3 is 9.47 Å². The maximum Gasteiger partial charge on any atom is 0.288 e. The molecule has 0 bridgehead atoms. The monoisotopic (exact) mass is 324 g/mol. The van der Waals surface area contributed by atoms with Crippen LogP contribution in [0.5, 0.6) is 0 Å². The Balaban J connectivity index is 2.40. The van der Waals surface area contributed by atoms with E-state index in [9.17, 15) is 18.5 Å². The normalized spacial score (nSPS) is 11.4. The molecule has 1 heterocycles. The highest BCUT2D eigenvalue weighted by atomic mass is 32.2. The van der Waals surface area contributed by atoms with Crippen LogP contribution in [0.1, 0.15) is 5.82 Å². The minimum atomic E-state index is -3.69. The molecule has 118 valence electrons. The van der Waals surface area contributed by atoms with E-state index >= 15 is 0 Å². The van der Waals surface area contributed by atoms with E-state index in [4.69, 9.17) is 0 Å². The lowest BCUT2D eigenvalue weighted by Crippen LogP contribution is -2.19. The highest BCUT2D eigenvalue weighted by molar-refractivity contribution is 7.90. The Bertz CT molecular complexity index is 813. The number of benzene rings is 1. The van der Waals surface area contributed by atoms with E-state index in [1.54, 1.807) is 24.3 Å². The minimum Gasteiger partial charge on any atom is -0.367 e. The predicted molar refractivity (Wildman–Crippen MR) is 81.5 cm³/mol. The standard InChI is InChI=1S/C13H16N4O4S/c1-15-7-6-14-13(15)9-16(2)10-4-5-11(17(18)19)12(8-10)22(3,20)21/h4-8H,9H2,1-3H3. The van der Waals surface area contributed by atoms with Crippen LogP contribution < -0.4 is 4.90 Å². The summed E-state index contributed by atoms with van der Waals surface area (Å²) in [6.07, 6.45) is 4.43. The third-order valence-electron chi connectivity index (χ3n) is 3.28. The zero-order valence-corrected chi connectivity index (χ0v) is 13.2. The van der Waals surface area contributed by atoms with E-state index in [-0.39, 0.29) is 4.90 Å². The van der Waals surface area contributed by atoms with Gasteiger partial charge in [-0.1, -0.05) is 0 Å². The first-order valence-corrected chi connectivity index (χ1v) is 8.25. The molecule has 0 amide bonds. The van der Waals surface area contributed by atoms with Crippen molar-refractivity contribution in [3.05, 3.63) is 46.5 Å². The van der Waals surface area contributed by atoms with Crippen LogP contribution in [0.4, 0.5) is 11.4 Å². The lowest BCUT2D eigenvalue weighted by atomic mass is 10.2. The fraction of sp³-hybridized carbons (Fsp3) is 0.308. The summed E-state index contributed by atoms with van der Waals surface area (Å²) in [5, 5.41) is 11.0. The zero-order chi connectivity index (χ0) is 16.5. The van der Waals surface area contributed by atoms with E-state index in [1.165, 1.54) is 18.2 Å². The van der Waals surface area contributed by atoms with Crippen LogP contribution in [0.25, 0.3) is 0 Å². The molecule has 0 N–H and O–H groups in total. The molecule has 0 aliphatic carbocycles. The summed E-state index contributed by atoms with van der Waals surface area (Å²) in [6.45, 7) is 0.449. The highest BCUT2D eigenvalue weighted by Crippen LogP contribution is 2.28. The molecule has 0 atom stereocenters. The van der Waals surface area contributed by atoms with E-state index in [0.29, 0.717) is 12.2 Å². The number of nitro benzene ring substituents is 1. The topological polar surface area (TPSA) is 98.3 Å². The second kappa shape index (κ2) is 5.76. The quantitative estimate of drug-likeness (QED) is 0.608. The van der Waals surface area contributed by atoms with Crippen molar-refractivity contribution in [3.8, 4) is 0 Å². The summed E-state index contributed by atoms with van der Waals surface area (Å²) >= 11 is 0. The molecule has 0 saturated carbocycles. The van der Waals surface area contributed by atoms with E-state index < -0.39 is 20.4 Å². The summed E-state index contributed by atoms with van der Waals surface area (Å²) in [5.41, 5.74) is 0.144. The smallest absolute Gasteiger partial charge is 0.288 e. The summed E-state index contributed by atoms with van der Waals surface area (Å²) in [7, 11) is -0.0730. The van der Waals surface area contributed by atoms with Crippen LogP contribution in [0.3, 0.4) is 0 Å². The molecule has 8 nitrogen and oxygen atoms in total. The molecule has 22 heavy (non-hydrogen) atoms. The molecule has 0 unspecified atom stereocenters. The van der Waals surface area contributed by atoms with Gasteiger partial charge in [0.2, 0.25) is 0 Å². The molecule has 0 spiro atoms. The SMILES string of the molecule is CN(Cc1nccn1C)c1ccc([N+](=O)[O-])c(S(C)(=O)=O)c1. The Hall–Kier alpha value is -2.42. The first-order chi connectivity index (χ1) is 10.2. The van der Waals surface area contributed by atoms with Crippen molar-refractivity contribution in [1.82, 2.24) is 9.55 Å². The number of anilines is 1. The van der Waals surface area contributed by atoms with Crippen molar-refractivity contribution in [2.45, 2.75) is 11.4 Å². The number of nitro groups is 1. The van der Waals surface area contributed by atoms with Crippen LogP contribution in [0.2, 0.25) is 0 Å². The van der Waals surface area contributed by atoms with Crippen LogP contribution in [0, 0.1) is 10.1 Å². The Morgan fingerprint density at radius 3 is 2.59 bits per heavy atom. The molecule has 0 fully saturated rings. The molecule has 1 aromatic heterocycles. The van der Waals surface area contributed by atoms with Gasteiger partial charge in [0, 0.05) is 44.5 Å². The van der Waals surface area contributed by atoms with Gasteiger partial charge in [0.05, 0.1) is 11.5 Å². The molecule has 2 aromatic rings. The van der Waals surface area contributed by atoms with Crippen molar-refractivity contribution in [2.75, 3.05) is 18.2 Å². The van der Waals surface area contributed by atoms with Crippen LogP contribution >= 0.6 is 0 Å². The van der Waals surface area contributed by atoms with Crippen LogP contribution in [-0.4, -0.2) is 36.2 Å². The second-order valence-electron chi connectivity index (χ2n) is 4.99. The minimum absolute atomic E-state index is 0.290. The molecule has 9 heteroatoms. The lowest BCUT2D eigenvalue weighted by Gasteiger charge is -2.19. The fourth-order valence-corrected chi connectivity index (χ4v) is 2.90. The Morgan fingerprint density at radius 1 is 1.41 bits per heavy atom. The Labute approximate surface area is 128 Å². The number of hydrogen-bond donors (Lipinski definition) is 0. The largest absolute Gasteiger partial charge is 0.367 e. The van der Waals surface area contributed by atoms with Crippen molar-refractivity contribution in [2.24, 2.45) is 7.05 Å². The van der Waals surface area contributed by atoms with Crippen LogP contribution in [0.15, 0.2) is 35.5 Å². The van der Waals surface area contributed by atoms with E-state index in [2.05, 4.69) is 4.98 Å². The van der Waals surface area contributed by atoms with Crippen molar-refractivity contribution >= 4 is 21.2 Å². The Morgan fingerprint density at radius 2 is 2.09 bits per heavy atom. The molecular weight excluding hydrogens is 308 g/mol. The van der Waals surface area contributed by atoms with Gasteiger partial charge in [0.1, 0.15) is 10.7 Å². The van der Waals surface area contributed by atoms with Crippen LogP contribution in [-0.2, 0) is 23.4 Å². The van der Waals surface area contributed by atoms with E-state index in [0.717, 1.165) is 12.1 Å². The van der Waals surface area contributed by atoms with Gasteiger partial charge in [-0.25, -0.2) is 13.4 Å². The van der Waals surface area contributed by atoms with Crippen molar-refractivity contribution in [3.63, 3.8) is 0 Å². The molecule has 2 rings (SSSR count). The Kier molecular flexibility index (Phi) is 4.18. The second-order valence-corrected chi connectivity index (χ2v) is 6.98. The number of imidazole rings is 1. The molecule has 0 aliphatic heterocycles. The van der Waals surface area contributed by atoms with E-state index in [1.807, 2.05) is 11.6 Å². The average Bonchev–Trinajstić information content (AvgIpc) is 2.82.